The van der Waals surface area contributed by atoms with Gasteiger partial charge in [-0.3, -0.25) is 0 Å². The predicted molar refractivity (Wildman–Crippen MR) is 178 cm³/mol. The zero-order chi connectivity index (χ0) is 27.8. The molecule has 1 heterocycles. The molecule has 0 radical (unpaired) electrons. The standard InChI is InChI=1S/C41H28O/c1-41-21-9-8-12-30(41)24-36-31-20-19-29(23-37(31)42-38(36)25-41)40-34-15-6-4-13-32(34)39(33-14-5-7-16-35(33)40)28-18-17-26-10-2-3-11-27(26)22-28/h2-24H,25H2,1H3. The summed E-state index contributed by atoms with van der Waals surface area (Å²) < 4.78 is 6.62. The SMILES string of the molecule is CC12C=CC=CC1=Cc1c(oc3cc(-c4c5ccccc5c(-c5ccc6ccccc6c5)c5ccccc45)ccc13)C2. The first-order valence-corrected chi connectivity index (χ1v) is 14.7. The number of fused-ring (bicyclic) bond motifs is 7. The molecule has 1 aromatic heterocycles. The second-order valence-corrected chi connectivity index (χ2v) is 12.0. The molecule has 0 N–H and O–H groups in total. The van der Waals surface area contributed by atoms with E-state index in [-0.39, 0.29) is 5.41 Å². The lowest BCUT2D eigenvalue weighted by Gasteiger charge is -2.32. The molecule has 0 spiro atoms. The number of hydrogen-bond acceptors (Lipinski definition) is 1. The van der Waals surface area contributed by atoms with Crippen LogP contribution < -0.4 is 0 Å². The molecular formula is C41H28O. The highest BCUT2D eigenvalue weighted by Gasteiger charge is 2.33. The summed E-state index contributed by atoms with van der Waals surface area (Å²) in [7, 11) is 0. The van der Waals surface area contributed by atoms with Crippen LogP contribution in [0.25, 0.3) is 71.6 Å². The van der Waals surface area contributed by atoms with Crippen LogP contribution in [0.1, 0.15) is 18.2 Å². The second kappa shape index (κ2) is 8.68. The first-order chi connectivity index (χ1) is 20.7. The fourth-order valence-corrected chi connectivity index (χ4v) is 7.28. The van der Waals surface area contributed by atoms with E-state index in [9.17, 15) is 0 Å². The Morgan fingerprint density at radius 2 is 1.21 bits per heavy atom. The third-order valence-corrected chi connectivity index (χ3v) is 9.40. The van der Waals surface area contributed by atoms with Crippen molar-refractivity contribution >= 4 is 49.4 Å². The molecule has 42 heavy (non-hydrogen) atoms. The molecule has 0 saturated carbocycles. The van der Waals surface area contributed by atoms with Gasteiger partial charge in [0.25, 0.3) is 0 Å². The third-order valence-electron chi connectivity index (χ3n) is 9.40. The van der Waals surface area contributed by atoms with E-state index in [2.05, 4.69) is 146 Å². The Kier molecular flexibility index (Phi) is 4.87. The van der Waals surface area contributed by atoms with Crippen LogP contribution in [0.2, 0.25) is 0 Å². The summed E-state index contributed by atoms with van der Waals surface area (Å²) in [5, 5.41) is 8.75. The van der Waals surface area contributed by atoms with Crippen LogP contribution in [0.3, 0.4) is 0 Å². The molecule has 0 fully saturated rings. The van der Waals surface area contributed by atoms with E-state index in [1.165, 1.54) is 71.1 Å². The Bertz CT molecular complexity index is 2280. The Morgan fingerprint density at radius 3 is 1.93 bits per heavy atom. The topological polar surface area (TPSA) is 13.1 Å². The number of hydrogen-bond donors (Lipinski definition) is 0. The van der Waals surface area contributed by atoms with Gasteiger partial charge in [-0.15, -0.1) is 0 Å². The highest BCUT2D eigenvalue weighted by Crippen LogP contribution is 2.47. The summed E-state index contributed by atoms with van der Waals surface area (Å²) in [5.74, 6) is 1.08. The molecule has 0 saturated heterocycles. The van der Waals surface area contributed by atoms with Crippen LogP contribution in [-0.2, 0) is 6.42 Å². The lowest BCUT2D eigenvalue weighted by Crippen LogP contribution is -2.23. The van der Waals surface area contributed by atoms with Crippen LogP contribution in [0.4, 0.5) is 0 Å². The molecule has 0 bridgehead atoms. The fraction of sp³-hybridized carbons (Fsp3) is 0.0732. The largest absolute Gasteiger partial charge is 0.460 e. The summed E-state index contributed by atoms with van der Waals surface area (Å²) in [6.45, 7) is 2.30. The Hall–Kier alpha value is -5.14. The normalized spacial score (nSPS) is 17.6. The molecule has 9 rings (SSSR count). The highest BCUT2D eigenvalue weighted by molar-refractivity contribution is 6.22. The van der Waals surface area contributed by atoms with Crippen LogP contribution in [0, 0.1) is 5.41 Å². The van der Waals surface area contributed by atoms with Gasteiger partial charge in [0.2, 0.25) is 0 Å². The molecule has 1 atom stereocenters. The molecule has 0 aliphatic heterocycles. The smallest absolute Gasteiger partial charge is 0.135 e. The third kappa shape index (κ3) is 3.37. The maximum absolute atomic E-state index is 6.62. The van der Waals surface area contributed by atoms with Crippen LogP contribution >= 0.6 is 0 Å². The number of furan rings is 1. The van der Waals surface area contributed by atoms with Crippen molar-refractivity contribution in [1.29, 1.82) is 0 Å². The van der Waals surface area contributed by atoms with E-state index in [0.29, 0.717) is 0 Å². The lowest BCUT2D eigenvalue weighted by atomic mass is 9.72. The van der Waals surface area contributed by atoms with E-state index >= 15 is 0 Å². The summed E-state index contributed by atoms with van der Waals surface area (Å²) in [6, 6.07) is 40.0. The molecule has 1 nitrogen and oxygen atoms in total. The van der Waals surface area contributed by atoms with Crippen molar-refractivity contribution < 1.29 is 4.42 Å². The first-order valence-electron chi connectivity index (χ1n) is 14.7. The zero-order valence-corrected chi connectivity index (χ0v) is 23.4. The zero-order valence-electron chi connectivity index (χ0n) is 23.4. The van der Waals surface area contributed by atoms with Crippen molar-refractivity contribution in [2.45, 2.75) is 13.3 Å². The molecular weight excluding hydrogens is 508 g/mol. The first kappa shape index (κ1) is 23.6. The Labute approximate surface area is 244 Å². The Morgan fingerprint density at radius 1 is 0.595 bits per heavy atom. The van der Waals surface area contributed by atoms with Gasteiger partial charge >= 0.3 is 0 Å². The fourth-order valence-electron chi connectivity index (χ4n) is 7.28. The van der Waals surface area contributed by atoms with Gasteiger partial charge in [-0.1, -0.05) is 122 Å². The minimum Gasteiger partial charge on any atom is -0.460 e. The van der Waals surface area contributed by atoms with Crippen molar-refractivity contribution in [3.63, 3.8) is 0 Å². The monoisotopic (exact) mass is 536 g/mol. The van der Waals surface area contributed by atoms with Gasteiger partial charge in [-0.05, 0) is 84.4 Å². The maximum atomic E-state index is 6.62. The van der Waals surface area contributed by atoms with Crippen molar-refractivity contribution in [2.24, 2.45) is 5.41 Å². The van der Waals surface area contributed by atoms with E-state index in [1.807, 2.05) is 0 Å². The van der Waals surface area contributed by atoms with Gasteiger partial charge in [0.15, 0.2) is 0 Å². The number of allylic oxidation sites excluding steroid dienone is 5. The molecule has 2 aliphatic carbocycles. The molecule has 198 valence electrons. The van der Waals surface area contributed by atoms with Crippen LogP contribution in [0.15, 0.2) is 143 Å². The second-order valence-electron chi connectivity index (χ2n) is 12.0. The van der Waals surface area contributed by atoms with E-state index in [1.54, 1.807) is 0 Å². The minimum atomic E-state index is -0.0105. The van der Waals surface area contributed by atoms with E-state index < -0.39 is 0 Å². The van der Waals surface area contributed by atoms with Gasteiger partial charge < -0.3 is 4.42 Å². The minimum absolute atomic E-state index is 0.0105. The average Bonchev–Trinajstić information content (AvgIpc) is 3.37. The number of benzene rings is 6. The summed E-state index contributed by atoms with van der Waals surface area (Å²) in [6.07, 6.45) is 12.0. The van der Waals surface area contributed by atoms with Crippen molar-refractivity contribution in [3.05, 3.63) is 150 Å². The lowest BCUT2D eigenvalue weighted by molar-refractivity contribution is 0.438. The molecule has 7 aromatic rings. The Balaban J connectivity index is 1.29. The van der Waals surface area contributed by atoms with Crippen LogP contribution in [-0.4, -0.2) is 0 Å². The predicted octanol–water partition coefficient (Wildman–Crippen LogP) is 11.3. The van der Waals surface area contributed by atoms with Crippen molar-refractivity contribution in [3.8, 4) is 22.3 Å². The maximum Gasteiger partial charge on any atom is 0.135 e. The van der Waals surface area contributed by atoms with Gasteiger partial charge in [-0.2, -0.15) is 0 Å². The summed E-state index contributed by atoms with van der Waals surface area (Å²) in [5.41, 5.74) is 8.49. The van der Waals surface area contributed by atoms with E-state index in [4.69, 9.17) is 4.42 Å². The van der Waals surface area contributed by atoms with Gasteiger partial charge in [0.1, 0.15) is 11.3 Å². The molecule has 1 unspecified atom stereocenters. The van der Waals surface area contributed by atoms with Gasteiger partial charge in [0.05, 0.1) is 0 Å². The van der Waals surface area contributed by atoms with Gasteiger partial charge in [0, 0.05) is 22.8 Å². The van der Waals surface area contributed by atoms with E-state index in [0.717, 1.165) is 17.8 Å². The number of rotatable bonds is 2. The van der Waals surface area contributed by atoms with Crippen molar-refractivity contribution in [1.82, 2.24) is 0 Å². The van der Waals surface area contributed by atoms with Crippen LogP contribution in [0.5, 0.6) is 0 Å². The molecule has 1 heteroatoms. The molecule has 2 aliphatic rings. The molecule has 0 amide bonds. The summed E-state index contributed by atoms with van der Waals surface area (Å²) >= 11 is 0. The quantitative estimate of drug-likeness (QED) is 0.200. The molecule has 6 aromatic carbocycles. The van der Waals surface area contributed by atoms with Gasteiger partial charge in [-0.25, -0.2) is 0 Å². The van der Waals surface area contributed by atoms with Crippen molar-refractivity contribution in [2.75, 3.05) is 0 Å². The average molecular weight is 537 g/mol. The highest BCUT2D eigenvalue weighted by atomic mass is 16.3. The summed E-state index contributed by atoms with van der Waals surface area (Å²) in [4.78, 5) is 0.